The van der Waals surface area contributed by atoms with Crippen molar-refractivity contribution in [1.82, 2.24) is 14.7 Å². The predicted octanol–water partition coefficient (Wildman–Crippen LogP) is 11.9. The standard InChI is InChI=1S/C39H33I10N3O11S4/c40-15-25(53)10(26(54)16(41)31(15)59)5-50(1-3-51(6-11-27(55)17(42)32(60)18(43)28(11)56)8-13-36(64)21(46)34(62)22(47)37(13)65)2-4-52(7-12-29(57)19(44)33(61)20(45)30(12)58)9-14-38(66)23(48)35(63)24(49)39(14)67/h53-67H,1-9H2. The van der Waals surface area contributed by atoms with Gasteiger partial charge in [0, 0.05) is 78.5 Å². The first-order chi connectivity index (χ1) is 31.1. The van der Waals surface area contributed by atoms with E-state index in [1.807, 2.05) is 105 Å². The number of hydrogen-bond donors (Lipinski definition) is 15. The van der Waals surface area contributed by atoms with E-state index in [9.17, 15) is 56.2 Å². The third-order valence-corrected chi connectivity index (χ3v) is 24.4. The number of aromatic hydroxyl groups is 11. The lowest BCUT2D eigenvalue weighted by molar-refractivity contribution is 0.153. The van der Waals surface area contributed by atoms with Crippen molar-refractivity contribution in [3.05, 3.63) is 63.5 Å². The van der Waals surface area contributed by atoms with E-state index < -0.39 is 0 Å². The van der Waals surface area contributed by atoms with Gasteiger partial charge in [0.15, 0.2) is 0 Å². The van der Waals surface area contributed by atoms with Crippen molar-refractivity contribution in [3.63, 3.8) is 0 Å². The molecule has 0 aliphatic rings. The molecule has 0 saturated carbocycles. The topological polar surface area (TPSA) is 232 Å². The molecule has 0 aliphatic heterocycles. The number of nitrogens with zero attached hydrogens (tertiary/aromatic N) is 3. The molecular formula is C39H33I10N3O11S4. The zero-order valence-corrected chi connectivity index (χ0v) is 58.3. The van der Waals surface area contributed by atoms with Crippen LogP contribution in [0.15, 0.2) is 19.6 Å². The van der Waals surface area contributed by atoms with Crippen molar-refractivity contribution >= 4 is 276 Å². The van der Waals surface area contributed by atoms with E-state index in [1.165, 1.54) is 0 Å². The molecule has 0 aliphatic carbocycles. The van der Waals surface area contributed by atoms with Gasteiger partial charge in [-0.15, -0.1) is 50.5 Å². The molecule has 28 heteroatoms. The van der Waals surface area contributed by atoms with Crippen LogP contribution in [0.5, 0.6) is 63.2 Å². The fourth-order valence-corrected chi connectivity index (χ4v) is 16.5. The summed E-state index contributed by atoms with van der Waals surface area (Å²) >= 11 is 37.9. The lowest BCUT2D eigenvalue weighted by Gasteiger charge is -2.32. The van der Waals surface area contributed by atoms with Crippen molar-refractivity contribution in [2.75, 3.05) is 26.2 Å². The first kappa shape index (κ1) is 60.3. The highest BCUT2D eigenvalue weighted by Gasteiger charge is 2.29. The van der Waals surface area contributed by atoms with Gasteiger partial charge in [0.25, 0.3) is 0 Å². The van der Waals surface area contributed by atoms with E-state index in [2.05, 4.69) is 0 Å². The molecule has 67 heavy (non-hydrogen) atoms. The third kappa shape index (κ3) is 13.0. The van der Waals surface area contributed by atoms with Gasteiger partial charge in [0.2, 0.25) is 0 Å². The zero-order chi connectivity index (χ0) is 50.4. The molecule has 0 heterocycles. The molecule has 0 unspecified atom stereocenters. The summed E-state index contributed by atoms with van der Waals surface area (Å²) in [5.41, 5.74) is 1.66. The monoisotopic (exact) mass is 2120 g/mol. The first-order valence-electron chi connectivity index (χ1n) is 18.4. The number of phenols is 11. The van der Waals surface area contributed by atoms with Crippen LogP contribution in [-0.4, -0.2) is 97.1 Å². The van der Waals surface area contributed by atoms with Gasteiger partial charge >= 0.3 is 0 Å². The summed E-state index contributed by atoms with van der Waals surface area (Å²) in [6, 6.07) is 0. The van der Waals surface area contributed by atoms with Crippen LogP contribution in [0.1, 0.15) is 27.8 Å². The Labute approximate surface area is 542 Å². The Morgan fingerprint density at radius 2 is 0.403 bits per heavy atom. The number of hydrogen-bond acceptors (Lipinski definition) is 18. The highest BCUT2D eigenvalue weighted by Crippen LogP contribution is 2.48. The van der Waals surface area contributed by atoms with Gasteiger partial charge < -0.3 is 56.2 Å². The van der Waals surface area contributed by atoms with Crippen LogP contribution in [0.25, 0.3) is 0 Å². The van der Waals surface area contributed by atoms with E-state index in [4.69, 9.17) is 50.5 Å². The van der Waals surface area contributed by atoms with Crippen LogP contribution in [0.4, 0.5) is 0 Å². The van der Waals surface area contributed by atoms with Gasteiger partial charge in [-0.25, -0.2) is 0 Å². The fraction of sp³-hybridized carbons (Fsp3) is 0.231. The molecule has 0 bridgehead atoms. The molecule has 5 aromatic rings. The van der Waals surface area contributed by atoms with Crippen LogP contribution in [0, 0.1) is 35.7 Å². The summed E-state index contributed by atoms with van der Waals surface area (Å²) < 4.78 is 2.76. The molecule has 5 aromatic carbocycles. The Bertz CT molecular complexity index is 2380. The van der Waals surface area contributed by atoms with Crippen LogP contribution in [-0.2, 0) is 32.7 Å². The van der Waals surface area contributed by atoms with Crippen molar-refractivity contribution in [2.24, 2.45) is 0 Å². The zero-order valence-electron chi connectivity index (χ0n) is 33.2. The van der Waals surface area contributed by atoms with Crippen molar-refractivity contribution in [1.29, 1.82) is 0 Å². The molecule has 364 valence electrons. The lowest BCUT2D eigenvalue weighted by Crippen LogP contribution is -2.39. The molecule has 0 saturated heterocycles. The second kappa shape index (κ2) is 25.5. The molecule has 0 fully saturated rings. The lowest BCUT2D eigenvalue weighted by atomic mass is 10.1. The van der Waals surface area contributed by atoms with Gasteiger partial charge in [-0.2, -0.15) is 0 Å². The smallest absolute Gasteiger partial charge is 0.149 e. The van der Waals surface area contributed by atoms with Gasteiger partial charge in [-0.3, -0.25) is 14.7 Å². The van der Waals surface area contributed by atoms with E-state index in [-0.39, 0.29) is 160 Å². The largest absolute Gasteiger partial charge is 0.506 e. The van der Waals surface area contributed by atoms with Gasteiger partial charge in [-0.1, -0.05) is 0 Å². The van der Waals surface area contributed by atoms with Gasteiger partial charge in [0.05, 0.1) is 52.4 Å². The van der Waals surface area contributed by atoms with Crippen molar-refractivity contribution in [2.45, 2.75) is 52.3 Å². The highest BCUT2D eigenvalue weighted by molar-refractivity contribution is 14.1. The van der Waals surface area contributed by atoms with E-state index in [1.54, 1.807) is 136 Å². The minimum Gasteiger partial charge on any atom is -0.506 e. The quantitative estimate of drug-likeness (QED) is 0.0326. The number of rotatable bonds is 16. The highest BCUT2D eigenvalue weighted by atomic mass is 127. The second-order valence-corrected chi connectivity index (χ2v) is 27.0. The molecule has 0 amide bonds. The molecular weight excluding hydrogens is 2080 g/mol. The maximum Gasteiger partial charge on any atom is 0.149 e. The van der Waals surface area contributed by atoms with Crippen LogP contribution in [0.2, 0.25) is 0 Å². The minimum absolute atomic E-state index is 0.0168. The summed E-state index contributed by atoms with van der Waals surface area (Å²) in [6.45, 7) is 0.795. The van der Waals surface area contributed by atoms with E-state index in [0.717, 1.165) is 0 Å². The summed E-state index contributed by atoms with van der Waals surface area (Å²) in [7, 11) is 0. The van der Waals surface area contributed by atoms with Crippen LogP contribution < -0.4 is 0 Å². The predicted molar refractivity (Wildman–Crippen MR) is 350 cm³/mol. The maximum atomic E-state index is 11.4. The fourth-order valence-electron chi connectivity index (χ4n) is 6.62. The van der Waals surface area contributed by atoms with Crippen molar-refractivity contribution < 1.29 is 56.2 Å². The summed E-state index contributed by atoms with van der Waals surface area (Å²) in [5, 5.41) is 122. The Morgan fingerprint density at radius 3 is 0.627 bits per heavy atom. The van der Waals surface area contributed by atoms with E-state index >= 15 is 0 Å². The van der Waals surface area contributed by atoms with E-state index in [0.29, 0.717) is 45.0 Å². The average molecular weight is 2120 g/mol. The summed E-state index contributed by atoms with van der Waals surface area (Å²) in [5.74, 6) is -2.75. The normalized spacial score (nSPS) is 11.8. The minimum atomic E-state index is -0.332. The average Bonchev–Trinajstić information content (AvgIpc) is 3.31. The Balaban J connectivity index is 1.64. The van der Waals surface area contributed by atoms with Crippen LogP contribution in [0.3, 0.4) is 0 Å². The van der Waals surface area contributed by atoms with Gasteiger partial charge in [-0.05, 0) is 237 Å². The molecule has 0 atom stereocenters. The number of benzene rings is 5. The first-order valence-corrected chi connectivity index (χ1v) is 30.9. The Hall–Kier alpha value is 2.48. The number of phenolic OH excluding ortho intramolecular Hbond substituents is 11. The summed E-state index contributed by atoms with van der Waals surface area (Å²) in [6.07, 6.45) is 0. The molecule has 14 nitrogen and oxygen atoms in total. The van der Waals surface area contributed by atoms with Crippen molar-refractivity contribution in [3.8, 4) is 63.2 Å². The number of halogens is 10. The Morgan fingerprint density at radius 1 is 0.239 bits per heavy atom. The SMILES string of the molecule is Oc1c(I)c(O)c(CN(CCN(Cc2c(O)c(I)c(O)c(I)c2O)Cc2c(S)c(I)c(O)c(I)c2S)CCN(Cc2c(O)c(I)c(O)c(I)c2O)Cc2c(S)c(I)c(O)c(I)c2S)c(O)c1I. The Kier molecular flexibility index (Phi) is 23.0. The summed E-state index contributed by atoms with van der Waals surface area (Å²) in [4.78, 5) is 7.58. The molecule has 0 radical (unpaired) electrons. The molecule has 11 N–H and O–H groups in total. The molecule has 0 spiro atoms. The number of thiol groups is 4. The van der Waals surface area contributed by atoms with Gasteiger partial charge in [0.1, 0.15) is 63.2 Å². The third-order valence-electron chi connectivity index (χ3n) is 10.4. The second-order valence-electron chi connectivity index (χ2n) is 14.5. The maximum absolute atomic E-state index is 11.4. The molecule has 0 aromatic heterocycles. The molecule has 5 rings (SSSR count). The van der Waals surface area contributed by atoms with Crippen LogP contribution >= 0.6 is 276 Å².